The van der Waals surface area contributed by atoms with Crippen LogP contribution in [0.5, 0.6) is 17.4 Å². The molecule has 8 heteroatoms. The van der Waals surface area contributed by atoms with Crippen LogP contribution in [0.15, 0.2) is 18.2 Å². The molecule has 0 radical (unpaired) electrons. The standard InChI is InChI=1S/C13H10Cl2N2O4/c1-6-10(12(20-2)17-11(16-6)13(18)19)21-9-4-3-7(14)5-8(9)15/h3-5H,1-2H3,(H,18,19). The van der Waals surface area contributed by atoms with Gasteiger partial charge < -0.3 is 14.6 Å². The van der Waals surface area contributed by atoms with Crippen molar-refractivity contribution in [2.45, 2.75) is 6.92 Å². The first kappa shape index (κ1) is 15.3. The van der Waals surface area contributed by atoms with Gasteiger partial charge in [-0.15, -0.1) is 0 Å². The van der Waals surface area contributed by atoms with Gasteiger partial charge in [-0.25, -0.2) is 9.78 Å². The number of ether oxygens (including phenoxy) is 2. The number of carboxylic acids is 1. The zero-order valence-corrected chi connectivity index (χ0v) is 12.6. The molecule has 2 rings (SSSR count). The number of carbonyl (C=O) groups is 1. The van der Waals surface area contributed by atoms with Crippen molar-refractivity contribution in [3.63, 3.8) is 0 Å². The van der Waals surface area contributed by atoms with E-state index >= 15 is 0 Å². The number of carboxylic acid groups (broad SMARTS) is 1. The third-order valence-electron chi connectivity index (χ3n) is 2.49. The number of aryl methyl sites for hydroxylation is 1. The molecule has 110 valence electrons. The minimum atomic E-state index is -1.26. The molecular formula is C13H10Cl2N2O4. The zero-order valence-electron chi connectivity index (χ0n) is 11.1. The fourth-order valence-corrected chi connectivity index (χ4v) is 2.00. The van der Waals surface area contributed by atoms with Crippen LogP contribution in [-0.4, -0.2) is 28.2 Å². The van der Waals surface area contributed by atoms with Crippen molar-refractivity contribution in [2.24, 2.45) is 0 Å². The average molecular weight is 329 g/mol. The smallest absolute Gasteiger partial charge is 0.374 e. The fraction of sp³-hybridized carbons (Fsp3) is 0.154. The summed E-state index contributed by atoms with van der Waals surface area (Å²) >= 11 is 11.8. The topological polar surface area (TPSA) is 81.5 Å². The van der Waals surface area contributed by atoms with Crippen molar-refractivity contribution in [2.75, 3.05) is 7.11 Å². The van der Waals surface area contributed by atoms with E-state index in [1.165, 1.54) is 13.2 Å². The van der Waals surface area contributed by atoms with Gasteiger partial charge in [0.05, 0.1) is 17.8 Å². The van der Waals surface area contributed by atoms with Gasteiger partial charge in [0, 0.05) is 5.02 Å². The largest absolute Gasteiger partial charge is 0.478 e. The van der Waals surface area contributed by atoms with Gasteiger partial charge >= 0.3 is 5.97 Å². The SMILES string of the molecule is COc1nc(C(=O)O)nc(C)c1Oc1ccc(Cl)cc1Cl. The first-order valence-corrected chi connectivity index (χ1v) is 6.46. The molecule has 0 saturated heterocycles. The number of nitrogens with zero attached hydrogens (tertiary/aromatic N) is 2. The van der Waals surface area contributed by atoms with Crippen LogP contribution < -0.4 is 9.47 Å². The Balaban J connectivity index is 2.46. The molecular weight excluding hydrogens is 319 g/mol. The van der Waals surface area contributed by atoms with Crippen LogP contribution in [0.4, 0.5) is 0 Å². The fourth-order valence-electron chi connectivity index (χ4n) is 1.56. The Morgan fingerprint density at radius 2 is 2.00 bits per heavy atom. The maximum atomic E-state index is 10.9. The molecule has 0 bridgehead atoms. The van der Waals surface area contributed by atoms with Gasteiger partial charge in [0.2, 0.25) is 11.6 Å². The minimum Gasteiger partial charge on any atom is -0.478 e. The highest BCUT2D eigenvalue weighted by atomic mass is 35.5. The van der Waals surface area contributed by atoms with Gasteiger partial charge in [0.25, 0.3) is 5.88 Å². The molecule has 1 aromatic carbocycles. The van der Waals surface area contributed by atoms with E-state index in [0.717, 1.165) is 0 Å². The lowest BCUT2D eigenvalue weighted by Gasteiger charge is -2.13. The third kappa shape index (κ3) is 3.34. The van der Waals surface area contributed by atoms with Crippen molar-refractivity contribution in [3.8, 4) is 17.4 Å². The molecule has 1 aromatic heterocycles. The molecule has 0 unspecified atom stereocenters. The molecule has 0 saturated carbocycles. The van der Waals surface area contributed by atoms with E-state index in [0.29, 0.717) is 21.5 Å². The molecule has 0 fully saturated rings. The average Bonchev–Trinajstić information content (AvgIpc) is 2.42. The molecule has 0 atom stereocenters. The molecule has 0 aliphatic heterocycles. The number of rotatable bonds is 4. The Morgan fingerprint density at radius 1 is 1.29 bits per heavy atom. The molecule has 1 N–H and O–H groups in total. The number of aromatic carboxylic acids is 1. The van der Waals surface area contributed by atoms with E-state index in [1.807, 2.05) is 0 Å². The Morgan fingerprint density at radius 3 is 2.57 bits per heavy atom. The van der Waals surface area contributed by atoms with E-state index in [-0.39, 0.29) is 17.5 Å². The number of halogens is 2. The van der Waals surface area contributed by atoms with Gasteiger partial charge in [-0.1, -0.05) is 23.2 Å². The van der Waals surface area contributed by atoms with Crippen LogP contribution in [0.25, 0.3) is 0 Å². The van der Waals surface area contributed by atoms with E-state index in [1.54, 1.807) is 19.1 Å². The molecule has 0 aliphatic rings. The van der Waals surface area contributed by atoms with Gasteiger partial charge in [0.1, 0.15) is 5.75 Å². The lowest BCUT2D eigenvalue weighted by molar-refractivity contribution is 0.0681. The van der Waals surface area contributed by atoms with Crippen molar-refractivity contribution >= 4 is 29.2 Å². The van der Waals surface area contributed by atoms with E-state index in [2.05, 4.69) is 9.97 Å². The monoisotopic (exact) mass is 328 g/mol. The number of hydrogen-bond donors (Lipinski definition) is 1. The van der Waals surface area contributed by atoms with Crippen LogP contribution in [0.2, 0.25) is 10.0 Å². The Labute approximate surface area is 130 Å². The zero-order chi connectivity index (χ0) is 15.6. The Bertz CT molecular complexity index is 707. The highest BCUT2D eigenvalue weighted by Crippen LogP contribution is 2.36. The van der Waals surface area contributed by atoms with Crippen LogP contribution >= 0.6 is 23.2 Å². The second-order valence-electron chi connectivity index (χ2n) is 3.95. The molecule has 6 nitrogen and oxygen atoms in total. The van der Waals surface area contributed by atoms with Crippen molar-refractivity contribution in [1.29, 1.82) is 0 Å². The third-order valence-corrected chi connectivity index (χ3v) is 3.02. The predicted molar refractivity (Wildman–Crippen MR) is 76.8 cm³/mol. The van der Waals surface area contributed by atoms with Gasteiger partial charge in [-0.05, 0) is 25.1 Å². The summed E-state index contributed by atoms with van der Waals surface area (Å²) in [4.78, 5) is 18.5. The normalized spacial score (nSPS) is 10.3. The predicted octanol–water partition coefficient (Wildman–Crippen LogP) is 3.59. The summed E-state index contributed by atoms with van der Waals surface area (Å²) in [6, 6.07) is 4.71. The number of hydrogen-bond acceptors (Lipinski definition) is 5. The highest BCUT2D eigenvalue weighted by molar-refractivity contribution is 6.35. The second-order valence-corrected chi connectivity index (χ2v) is 4.80. The summed E-state index contributed by atoms with van der Waals surface area (Å²) < 4.78 is 10.7. The summed E-state index contributed by atoms with van der Waals surface area (Å²) in [7, 11) is 1.35. The molecule has 1 heterocycles. The first-order chi connectivity index (χ1) is 9.92. The quantitative estimate of drug-likeness (QED) is 0.923. The lowest BCUT2D eigenvalue weighted by atomic mass is 10.3. The van der Waals surface area contributed by atoms with E-state index in [4.69, 9.17) is 37.8 Å². The maximum Gasteiger partial charge on any atom is 0.374 e. The summed E-state index contributed by atoms with van der Waals surface area (Å²) in [5.41, 5.74) is 0.310. The second kappa shape index (κ2) is 6.15. The minimum absolute atomic E-state index is 0.00548. The van der Waals surface area contributed by atoms with E-state index < -0.39 is 5.97 Å². The van der Waals surface area contributed by atoms with Crippen molar-refractivity contribution < 1.29 is 19.4 Å². The Hall–Kier alpha value is -2.05. The van der Waals surface area contributed by atoms with Crippen LogP contribution in [0.1, 0.15) is 16.3 Å². The number of methoxy groups -OCH3 is 1. The molecule has 21 heavy (non-hydrogen) atoms. The van der Waals surface area contributed by atoms with Gasteiger partial charge in [-0.3, -0.25) is 0 Å². The van der Waals surface area contributed by atoms with Crippen molar-refractivity contribution in [3.05, 3.63) is 39.8 Å². The summed E-state index contributed by atoms with van der Waals surface area (Å²) in [5, 5.41) is 9.69. The van der Waals surface area contributed by atoms with E-state index in [9.17, 15) is 4.79 Å². The summed E-state index contributed by atoms with van der Waals surface area (Å²) in [5.74, 6) is -1.11. The van der Waals surface area contributed by atoms with Gasteiger partial charge in [0.15, 0.2) is 0 Å². The van der Waals surface area contributed by atoms with Gasteiger partial charge in [-0.2, -0.15) is 4.98 Å². The molecule has 0 amide bonds. The molecule has 0 aliphatic carbocycles. The number of aromatic nitrogens is 2. The number of benzene rings is 1. The molecule has 0 spiro atoms. The van der Waals surface area contributed by atoms with Crippen LogP contribution in [-0.2, 0) is 0 Å². The maximum absolute atomic E-state index is 10.9. The highest BCUT2D eigenvalue weighted by Gasteiger charge is 2.19. The molecule has 2 aromatic rings. The van der Waals surface area contributed by atoms with Crippen molar-refractivity contribution in [1.82, 2.24) is 9.97 Å². The Kier molecular flexibility index (Phi) is 4.50. The van der Waals surface area contributed by atoms with Crippen LogP contribution in [0, 0.1) is 6.92 Å². The van der Waals surface area contributed by atoms with Crippen LogP contribution in [0.3, 0.4) is 0 Å². The lowest BCUT2D eigenvalue weighted by Crippen LogP contribution is -2.08. The first-order valence-electron chi connectivity index (χ1n) is 5.71. The summed E-state index contributed by atoms with van der Waals surface area (Å²) in [6.45, 7) is 1.58. The summed E-state index contributed by atoms with van der Waals surface area (Å²) in [6.07, 6.45) is 0.